The molecule has 0 radical (unpaired) electrons. The van der Waals surface area contributed by atoms with Crippen molar-refractivity contribution in [3.05, 3.63) is 253 Å². The SMILES string of the molecule is CC(C)C1CCCC(c2ccc(N(c3ccccc3)c3ccc(-c4ccccc4)cc3)cc2)(c2ccc(N(c3ccccc3)c3ccc4c(c3)C(C)(C)c3cccc(-c5ccccc5)c3-4)cc2)C1. The van der Waals surface area contributed by atoms with E-state index in [1.807, 2.05) is 0 Å². The van der Waals surface area contributed by atoms with Gasteiger partial charge < -0.3 is 9.80 Å². The molecule has 2 aliphatic carbocycles. The third-order valence-electron chi connectivity index (χ3n) is 15.4. The van der Waals surface area contributed by atoms with Gasteiger partial charge in [0, 0.05) is 45.0 Å². The van der Waals surface area contributed by atoms with Gasteiger partial charge in [-0.2, -0.15) is 0 Å². The van der Waals surface area contributed by atoms with Crippen LogP contribution in [0, 0.1) is 11.8 Å². The molecule has 1 saturated carbocycles. The molecule has 2 nitrogen and oxygen atoms in total. The van der Waals surface area contributed by atoms with E-state index in [9.17, 15) is 0 Å². The summed E-state index contributed by atoms with van der Waals surface area (Å²) in [6.45, 7) is 9.62. The molecular formula is C66H60N2. The van der Waals surface area contributed by atoms with Gasteiger partial charge in [-0.25, -0.2) is 0 Å². The van der Waals surface area contributed by atoms with E-state index >= 15 is 0 Å². The van der Waals surface area contributed by atoms with Gasteiger partial charge in [0.05, 0.1) is 0 Å². The van der Waals surface area contributed by atoms with Gasteiger partial charge in [0.25, 0.3) is 0 Å². The lowest BCUT2D eigenvalue weighted by molar-refractivity contribution is 0.207. The fourth-order valence-electron chi connectivity index (χ4n) is 11.7. The Balaban J connectivity index is 0.964. The average Bonchev–Trinajstić information content (AvgIpc) is 3.63. The highest BCUT2D eigenvalue weighted by molar-refractivity contribution is 5.94. The third kappa shape index (κ3) is 7.82. The summed E-state index contributed by atoms with van der Waals surface area (Å²) >= 11 is 0. The molecule has 2 aliphatic rings. The van der Waals surface area contributed by atoms with Gasteiger partial charge in [0.2, 0.25) is 0 Å². The third-order valence-corrected chi connectivity index (χ3v) is 15.4. The maximum atomic E-state index is 2.46. The first-order valence-corrected chi connectivity index (χ1v) is 24.7. The minimum Gasteiger partial charge on any atom is -0.311 e. The van der Waals surface area contributed by atoms with Gasteiger partial charge in [-0.1, -0.05) is 198 Å². The zero-order valence-corrected chi connectivity index (χ0v) is 39.8. The minimum absolute atomic E-state index is 0.101. The van der Waals surface area contributed by atoms with Crippen molar-refractivity contribution in [3.63, 3.8) is 0 Å². The fourth-order valence-corrected chi connectivity index (χ4v) is 11.7. The van der Waals surface area contributed by atoms with Crippen LogP contribution in [0.2, 0.25) is 0 Å². The molecule has 0 aliphatic heterocycles. The number of nitrogens with zero attached hydrogens (tertiary/aromatic N) is 2. The number of benzene rings is 9. The van der Waals surface area contributed by atoms with Crippen LogP contribution in [0.4, 0.5) is 34.1 Å². The summed E-state index contributed by atoms with van der Waals surface area (Å²) in [5.41, 5.74) is 19.9. The van der Waals surface area contributed by atoms with Crippen molar-refractivity contribution in [3.8, 4) is 33.4 Å². The molecule has 0 heterocycles. The maximum Gasteiger partial charge on any atom is 0.0465 e. The molecule has 9 aromatic carbocycles. The first-order valence-electron chi connectivity index (χ1n) is 24.7. The molecule has 2 unspecified atom stereocenters. The van der Waals surface area contributed by atoms with Crippen LogP contribution in [0.1, 0.15) is 75.6 Å². The van der Waals surface area contributed by atoms with Gasteiger partial charge in [-0.15, -0.1) is 0 Å². The van der Waals surface area contributed by atoms with Crippen molar-refractivity contribution in [2.45, 2.75) is 64.2 Å². The second-order valence-corrected chi connectivity index (χ2v) is 20.0. The van der Waals surface area contributed by atoms with E-state index < -0.39 is 0 Å². The molecule has 0 aromatic heterocycles. The second kappa shape index (κ2) is 18.0. The van der Waals surface area contributed by atoms with E-state index in [0.29, 0.717) is 11.8 Å². The zero-order valence-electron chi connectivity index (χ0n) is 39.8. The Hall–Kier alpha value is -7.42. The van der Waals surface area contributed by atoms with E-state index in [1.54, 1.807) is 0 Å². The molecule has 9 aromatic rings. The lowest BCUT2D eigenvalue weighted by Gasteiger charge is -2.44. The van der Waals surface area contributed by atoms with Gasteiger partial charge in [0.1, 0.15) is 0 Å². The van der Waals surface area contributed by atoms with Crippen molar-refractivity contribution in [2.75, 3.05) is 9.80 Å². The quantitative estimate of drug-likeness (QED) is 0.128. The van der Waals surface area contributed by atoms with E-state index in [2.05, 4.69) is 268 Å². The maximum absolute atomic E-state index is 2.46. The average molecular weight is 881 g/mol. The van der Waals surface area contributed by atoms with Crippen LogP contribution in [0.15, 0.2) is 231 Å². The first kappa shape index (κ1) is 43.2. The Morgan fingerprint density at radius 2 is 0.868 bits per heavy atom. The van der Waals surface area contributed by atoms with Crippen LogP contribution < -0.4 is 9.80 Å². The Morgan fingerprint density at radius 1 is 0.412 bits per heavy atom. The smallest absolute Gasteiger partial charge is 0.0465 e. The molecule has 11 rings (SSSR count). The molecule has 0 saturated heterocycles. The van der Waals surface area contributed by atoms with Gasteiger partial charge in [-0.05, 0) is 153 Å². The summed E-state index contributed by atoms with van der Waals surface area (Å²) in [5.74, 6) is 1.27. The van der Waals surface area contributed by atoms with E-state index in [-0.39, 0.29) is 10.8 Å². The van der Waals surface area contributed by atoms with E-state index in [1.165, 1.54) is 74.2 Å². The number of rotatable bonds is 11. The van der Waals surface area contributed by atoms with Crippen LogP contribution in [0.25, 0.3) is 33.4 Å². The zero-order chi connectivity index (χ0) is 46.2. The molecule has 2 atom stereocenters. The number of para-hydroxylation sites is 2. The summed E-state index contributed by atoms with van der Waals surface area (Å²) in [7, 11) is 0. The molecule has 0 amide bonds. The van der Waals surface area contributed by atoms with Crippen LogP contribution in [0.5, 0.6) is 0 Å². The van der Waals surface area contributed by atoms with Crippen LogP contribution in [0.3, 0.4) is 0 Å². The molecule has 0 bridgehead atoms. The number of hydrogen-bond donors (Lipinski definition) is 0. The lowest BCUT2D eigenvalue weighted by Crippen LogP contribution is -2.36. The van der Waals surface area contributed by atoms with Crippen molar-refractivity contribution in [2.24, 2.45) is 11.8 Å². The summed E-state index contributed by atoms with van der Waals surface area (Å²) in [4.78, 5) is 4.84. The number of hydrogen-bond acceptors (Lipinski definition) is 2. The number of anilines is 6. The van der Waals surface area contributed by atoms with Gasteiger partial charge >= 0.3 is 0 Å². The molecule has 1 fully saturated rings. The van der Waals surface area contributed by atoms with Crippen molar-refractivity contribution in [1.29, 1.82) is 0 Å². The van der Waals surface area contributed by atoms with Crippen LogP contribution >= 0.6 is 0 Å². The first-order chi connectivity index (χ1) is 33.3. The van der Waals surface area contributed by atoms with Crippen LogP contribution in [-0.4, -0.2) is 0 Å². The molecular weight excluding hydrogens is 821 g/mol. The monoisotopic (exact) mass is 880 g/mol. The summed E-state index contributed by atoms with van der Waals surface area (Å²) in [6, 6.07) is 85.4. The normalized spacial score (nSPS) is 17.0. The lowest BCUT2D eigenvalue weighted by atomic mass is 9.60. The Labute approximate surface area is 404 Å². The predicted molar refractivity (Wildman–Crippen MR) is 288 cm³/mol. The minimum atomic E-state index is -0.154. The van der Waals surface area contributed by atoms with Crippen molar-refractivity contribution < 1.29 is 0 Å². The largest absolute Gasteiger partial charge is 0.311 e. The van der Waals surface area contributed by atoms with Gasteiger partial charge in [-0.3, -0.25) is 0 Å². The highest BCUT2D eigenvalue weighted by atomic mass is 15.1. The summed E-state index contributed by atoms with van der Waals surface area (Å²) in [6.07, 6.45) is 4.77. The Morgan fingerprint density at radius 3 is 1.41 bits per heavy atom. The molecule has 0 N–H and O–H groups in total. The highest BCUT2D eigenvalue weighted by Crippen LogP contribution is 2.54. The fraction of sp³-hybridized carbons (Fsp3) is 0.182. The molecule has 0 spiro atoms. The van der Waals surface area contributed by atoms with Gasteiger partial charge in [0.15, 0.2) is 0 Å². The van der Waals surface area contributed by atoms with E-state index in [0.717, 1.165) is 41.3 Å². The Bertz CT molecular complexity index is 3140. The predicted octanol–water partition coefficient (Wildman–Crippen LogP) is 18.4. The van der Waals surface area contributed by atoms with Crippen molar-refractivity contribution in [1.82, 2.24) is 0 Å². The second-order valence-electron chi connectivity index (χ2n) is 20.0. The molecule has 68 heavy (non-hydrogen) atoms. The highest BCUT2D eigenvalue weighted by Gasteiger charge is 2.41. The number of fused-ring (bicyclic) bond motifs is 3. The summed E-state index contributed by atoms with van der Waals surface area (Å²) < 4.78 is 0. The Kier molecular flexibility index (Phi) is 11.4. The molecule has 334 valence electrons. The topological polar surface area (TPSA) is 6.48 Å². The standard InChI is InChI=1S/C66H60N2/c1-47(2)51-23-18-44-66(46-51,52-32-38-57(39-33-52)67(54-24-13-7-14-25-54)56-36-30-49(31-37-56)48-19-9-5-10-20-48)53-34-40-58(41-35-53)68(55-26-15-8-16-27-55)59-42-43-61-63(45-59)65(3,4)62-29-17-28-60(64(61)62)50-21-11-6-12-22-50/h5-17,19-22,24-43,45,47,51H,18,23,44,46H2,1-4H3. The van der Waals surface area contributed by atoms with Crippen molar-refractivity contribution >= 4 is 34.1 Å². The summed E-state index contributed by atoms with van der Waals surface area (Å²) in [5, 5.41) is 0. The van der Waals surface area contributed by atoms with Crippen LogP contribution in [-0.2, 0) is 10.8 Å². The molecule has 2 heteroatoms. The van der Waals surface area contributed by atoms with E-state index in [4.69, 9.17) is 0 Å².